The molecule has 2 aromatic heterocycles. The van der Waals surface area contributed by atoms with Gasteiger partial charge in [-0.2, -0.15) is 9.38 Å². The van der Waals surface area contributed by atoms with Crippen LogP contribution in [0.15, 0.2) is 52.5 Å². The van der Waals surface area contributed by atoms with Gasteiger partial charge in [-0.15, -0.1) is 0 Å². The van der Waals surface area contributed by atoms with Gasteiger partial charge in [0.2, 0.25) is 5.65 Å². The largest absolute Gasteiger partial charge is 0.362 e. The zero-order chi connectivity index (χ0) is 15.0. The predicted octanol–water partition coefficient (Wildman–Crippen LogP) is 3.67. The van der Waals surface area contributed by atoms with Crippen LogP contribution in [0.3, 0.4) is 0 Å². The second-order valence-corrected chi connectivity index (χ2v) is 5.17. The third-order valence-electron chi connectivity index (χ3n) is 2.75. The maximum Gasteiger partial charge on any atom is 0.362 e. The van der Waals surface area contributed by atoms with Crippen molar-refractivity contribution in [1.82, 2.24) is 9.38 Å². The molecule has 21 heavy (non-hydrogen) atoms. The summed E-state index contributed by atoms with van der Waals surface area (Å²) in [5.74, 6) is -2.18. The third kappa shape index (κ3) is 2.45. The molecule has 0 bridgehead atoms. The number of nitrogens with zero attached hydrogens (tertiary/aromatic N) is 3. The van der Waals surface area contributed by atoms with Gasteiger partial charge in [0.25, 0.3) is 0 Å². The minimum absolute atomic E-state index is 0.122. The number of fused-ring (bicyclic) bond motifs is 1. The average molecular weight is 307 g/mol. The van der Waals surface area contributed by atoms with E-state index in [2.05, 4.69) is 4.98 Å². The molecule has 0 aliphatic rings. The van der Waals surface area contributed by atoms with Gasteiger partial charge in [-0.3, -0.25) is 0 Å². The number of pyridine rings is 1. The van der Waals surface area contributed by atoms with Crippen LogP contribution < -0.4 is 0 Å². The van der Waals surface area contributed by atoms with E-state index in [4.69, 9.17) is 0 Å². The Kier molecular flexibility index (Phi) is 3.30. The normalized spacial score (nSPS) is 11.0. The molecule has 3 aromatic rings. The number of hydrogen-bond acceptors (Lipinski definition) is 4. The molecule has 0 amide bonds. The van der Waals surface area contributed by atoms with E-state index in [1.807, 2.05) is 0 Å². The fourth-order valence-corrected chi connectivity index (χ4v) is 2.77. The first-order valence-corrected chi connectivity index (χ1v) is 6.62. The summed E-state index contributed by atoms with van der Waals surface area (Å²) in [6.07, 6.45) is 1.52. The highest BCUT2D eigenvalue weighted by Gasteiger charge is 2.23. The summed E-state index contributed by atoms with van der Waals surface area (Å²) >= 11 is 0.911. The van der Waals surface area contributed by atoms with E-state index in [0.717, 1.165) is 23.9 Å². The molecular weight excluding hydrogens is 300 g/mol. The summed E-state index contributed by atoms with van der Waals surface area (Å²) in [4.78, 5) is 15.1. The topological polar surface area (TPSA) is 60.4 Å². The molecule has 0 saturated heterocycles. The van der Waals surface area contributed by atoms with E-state index in [9.17, 15) is 18.9 Å². The Morgan fingerprint density at radius 3 is 2.71 bits per heavy atom. The summed E-state index contributed by atoms with van der Waals surface area (Å²) < 4.78 is 27.4. The van der Waals surface area contributed by atoms with Crippen LogP contribution in [-0.2, 0) is 0 Å². The van der Waals surface area contributed by atoms with Gasteiger partial charge in [0.15, 0.2) is 16.7 Å². The Balaban J connectivity index is 2.09. The number of benzene rings is 1. The first-order chi connectivity index (χ1) is 10.1. The van der Waals surface area contributed by atoms with Gasteiger partial charge in [0, 0.05) is 11.0 Å². The second kappa shape index (κ2) is 5.13. The maximum atomic E-state index is 13.2. The van der Waals surface area contributed by atoms with Gasteiger partial charge in [-0.25, -0.2) is 8.78 Å². The molecule has 0 saturated carbocycles. The third-order valence-corrected chi connectivity index (χ3v) is 3.71. The van der Waals surface area contributed by atoms with E-state index in [1.165, 1.54) is 16.7 Å². The van der Waals surface area contributed by atoms with Crippen molar-refractivity contribution >= 4 is 23.2 Å². The minimum Gasteiger partial charge on any atom is -0.358 e. The molecule has 3 rings (SSSR count). The van der Waals surface area contributed by atoms with Crippen LogP contribution in [0.2, 0.25) is 0 Å². The number of aromatic nitrogens is 2. The van der Waals surface area contributed by atoms with Crippen molar-refractivity contribution in [1.29, 1.82) is 0 Å². The highest BCUT2D eigenvalue weighted by molar-refractivity contribution is 7.99. The Morgan fingerprint density at radius 2 is 2.00 bits per heavy atom. The maximum absolute atomic E-state index is 13.2. The smallest absolute Gasteiger partial charge is 0.358 e. The van der Waals surface area contributed by atoms with Crippen LogP contribution >= 0.6 is 11.8 Å². The molecule has 1 aromatic carbocycles. The lowest BCUT2D eigenvalue weighted by molar-refractivity contribution is -0.393. The van der Waals surface area contributed by atoms with Crippen LogP contribution in [0.1, 0.15) is 0 Å². The molecule has 0 unspecified atom stereocenters. The van der Waals surface area contributed by atoms with Gasteiger partial charge >= 0.3 is 5.82 Å². The molecule has 0 fully saturated rings. The van der Waals surface area contributed by atoms with Crippen molar-refractivity contribution in [3.05, 3.63) is 64.3 Å². The summed E-state index contributed by atoms with van der Waals surface area (Å²) in [5.41, 5.74) is 0.411. The van der Waals surface area contributed by atoms with Crippen molar-refractivity contribution < 1.29 is 13.7 Å². The predicted molar refractivity (Wildman–Crippen MR) is 72.3 cm³/mol. The molecule has 0 atom stereocenters. The van der Waals surface area contributed by atoms with Gasteiger partial charge in [-0.05, 0) is 29.2 Å². The van der Waals surface area contributed by atoms with Crippen molar-refractivity contribution in [2.45, 2.75) is 9.92 Å². The lowest BCUT2D eigenvalue weighted by atomic mass is 10.3. The Bertz CT molecular complexity index is 851. The molecule has 0 spiro atoms. The number of imidazole rings is 1. The zero-order valence-corrected chi connectivity index (χ0v) is 11.2. The van der Waals surface area contributed by atoms with Crippen molar-refractivity contribution in [2.24, 2.45) is 0 Å². The van der Waals surface area contributed by atoms with Gasteiger partial charge in [0.1, 0.15) is 0 Å². The standard InChI is InChI=1S/C13H7F2N3O2S/c14-9-5-4-8(7-10(9)15)21-12-13(18(19)20)17-6-2-1-3-11(17)16-12/h1-7H. The first kappa shape index (κ1) is 13.5. The Morgan fingerprint density at radius 1 is 1.19 bits per heavy atom. The van der Waals surface area contributed by atoms with Gasteiger partial charge in [-0.1, -0.05) is 17.8 Å². The average Bonchev–Trinajstić information content (AvgIpc) is 2.80. The van der Waals surface area contributed by atoms with E-state index in [-0.39, 0.29) is 10.8 Å². The number of hydrogen-bond donors (Lipinski definition) is 0. The molecule has 0 aliphatic heterocycles. The highest BCUT2D eigenvalue weighted by atomic mass is 32.2. The summed E-state index contributed by atoms with van der Waals surface area (Å²) in [6.45, 7) is 0. The van der Waals surface area contributed by atoms with E-state index in [0.29, 0.717) is 10.5 Å². The lowest BCUT2D eigenvalue weighted by Gasteiger charge is -2.00. The fourth-order valence-electron chi connectivity index (χ4n) is 1.85. The lowest BCUT2D eigenvalue weighted by Crippen LogP contribution is -1.94. The summed E-state index contributed by atoms with van der Waals surface area (Å²) in [5, 5.41) is 11.3. The highest BCUT2D eigenvalue weighted by Crippen LogP contribution is 2.35. The van der Waals surface area contributed by atoms with Crippen molar-refractivity contribution in [3.63, 3.8) is 0 Å². The first-order valence-electron chi connectivity index (χ1n) is 5.80. The molecule has 0 N–H and O–H groups in total. The molecule has 106 valence electrons. The molecular formula is C13H7F2N3O2S. The SMILES string of the molecule is O=[N+]([O-])c1c(Sc2ccc(F)c(F)c2)nc2ccccn12. The number of nitro groups is 1. The number of rotatable bonds is 3. The van der Waals surface area contributed by atoms with Crippen LogP contribution in [0.5, 0.6) is 0 Å². The summed E-state index contributed by atoms with van der Waals surface area (Å²) in [7, 11) is 0. The second-order valence-electron chi connectivity index (χ2n) is 4.10. The molecule has 5 nitrogen and oxygen atoms in total. The fraction of sp³-hybridized carbons (Fsp3) is 0. The molecule has 0 aliphatic carbocycles. The molecule has 8 heteroatoms. The Labute approximate surface area is 121 Å². The van der Waals surface area contributed by atoms with Crippen LogP contribution in [-0.4, -0.2) is 14.3 Å². The van der Waals surface area contributed by atoms with E-state index in [1.54, 1.807) is 18.2 Å². The monoisotopic (exact) mass is 307 g/mol. The van der Waals surface area contributed by atoms with E-state index < -0.39 is 16.6 Å². The number of halogens is 2. The molecule has 2 heterocycles. The van der Waals surface area contributed by atoms with E-state index >= 15 is 0 Å². The van der Waals surface area contributed by atoms with Crippen molar-refractivity contribution in [3.8, 4) is 0 Å². The molecule has 0 radical (unpaired) electrons. The minimum atomic E-state index is -1.01. The van der Waals surface area contributed by atoms with Crippen LogP contribution in [0, 0.1) is 21.7 Å². The van der Waals surface area contributed by atoms with Crippen molar-refractivity contribution in [2.75, 3.05) is 0 Å². The summed E-state index contributed by atoms with van der Waals surface area (Å²) in [6, 6.07) is 8.28. The van der Waals surface area contributed by atoms with Gasteiger partial charge in [0.05, 0.1) is 6.20 Å². The van der Waals surface area contributed by atoms with Crippen LogP contribution in [0.4, 0.5) is 14.6 Å². The Hall–Kier alpha value is -2.48. The quantitative estimate of drug-likeness (QED) is 0.547. The van der Waals surface area contributed by atoms with Crippen LogP contribution in [0.25, 0.3) is 5.65 Å². The van der Waals surface area contributed by atoms with Gasteiger partial charge < -0.3 is 10.1 Å². The zero-order valence-electron chi connectivity index (χ0n) is 10.4.